The van der Waals surface area contributed by atoms with Crippen LogP contribution < -0.4 is 5.73 Å². The molecule has 0 spiro atoms. The summed E-state index contributed by atoms with van der Waals surface area (Å²) in [6.07, 6.45) is 4.61. The number of fused-ring (bicyclic) bond motifs is 1. The zero-order chi connectivity index (χ0) is 19.2. The maximum atomic E-state index is 13.4. The van der Waals surface area contributed by atoms with Gasteiger partial charge in [0.25, 0.3) is 0 Å². The third kappa shape index (κ3) is 3.19. The maximum absolute atomic E-state index is 13.4. The van der Waals surface area contributed by atoms with Crippen LogP contribution in [0.1, 0.15) is 19.8 Å². The number of sulfone groups is 1. The van der Waals surface area contributed by atoms with Gasteiger partial charge in [-0.25, -0.2) is 12.8 Å². The smallest absolute Gasteiger partial charge is 0.202 e. The number of aromatic amines is 1. The second kappa shape index (κ2) is 6.62. The summed E-state index contributed by atoms with van der Waals surface area (Å²) in [5.41, 5.74) is 8.48. The van der Waals surface area contributed by atoms with Gasteiger partial charge >= 0.3 is 0 Å². The Balaban J connectivity index is 1.67. The summed E-state index contributed by atoms with van der Waals surface area (Å²) in [7, 11) is -3.50. The molecule has 0 saturated carbocycles. The summed E-state index contributed by atoms with van der Waals surface area (Å²) < 4.78 is 39.2. The molecule has 1 heterocycles. The third-order valence-electron chi connectivity index (χ3n) is 5.34. The van der Waals surface area contributed by atoms with Crippen LogP contribution in [-0.2, 0) is 9.84 Å². The minimum atomic E-state index is -3.50. The topological polar surface area (TPSA) is 76.0 Å². The molecule has 2 atom stereocenters. The molecule has 3 N–H and O–H groups in total. The Hall–Kier alpha value is -2.44. The van der Waals surface area contributed by atoms with Crippen molar-refractivity contribution in [2.75, 3.05) is 0 Å². The predicted molar refractivity (Wildman–Crippen MR) is 105 cm³/mol. The molecule has 140 valence electrons. The van der Waals surface area contributed by atoms with E-state index in [0.29, 0.717) is 23.3 Å². The van der Waals surface area contributed by atoms with Crippen molar-refractivity contribution in [2.45, 2.75) is 30.7 Å². The Morgan fingerprint density at radius 2 is 1.89 bits per heavy atom. The lowest BCUT2D eigenvalue weighted by molar-refractivity contribution is 0.439. The van der Waals surface area contributed by atoms with Crippen molar-refractivity contribution in [2.24, 2.45) is 11.7 Å². The van der Waals surface area contributed by atoms with Crippen LogP contribution in [0.25, 0.3) is 22.0 Å². The number of benzene rings is 2. The highest BCUT2D eigenvalue weighted by Gasteiger charge is 2.28. The van der Waals surface area contributed by atoms with E-state index in [1.807, 2.05) is 6.92 Å². The lowest BCUT2D eigenvalue weighted by Crippen LogP contribution is -2.31. The highest BCUT2D eigenvalue weighted by atomic mass is 32.2. The number of rotatable bonds is 3. The van der Waals surface area contributed by atoms with Gasteiger partial charge in [0.1, 0.15) is 5.82 Å². The molecule has 4 rings (SSSR count). The van der Waals surface area contributed by atoms with Crippen molar-refractivity contribution in [3.8, 4) is 11.1 Å². The number of aromatic nitrogens is 1. The second-order valence-electron chi connectivity index (χ2n) is 7.17. The van der Waals surface area contributed by atoms with Gasteiger partial charge in [0.05, 0.1) is 4.90 Å². The van der Waals surface area contributed by atoms with Gasteiger partial charge in [0, 0.05) is 33.6 Å². The lowest BCUT2D eigenvalue weighted by Gasteiger charge is -2.25. The molecule has 0 amide bonds. The van der Waals surface area contributed by atoms with Crippen molar-refractivity contribution < 1.29 is 12.8 Å². The third-order valence-corrected chi connectivity index (χ3v) is 7.25. The van der Waals surface area contributed by atoms with Crippen LogP contribution in [0.5, 0.6) is 0 Å². The Kier molecular flexibility index (Phi) is 4.40. The van der Waals surface area contributed by atoms with E-state index in [4.69, 9.17) is 5.73 Å². The average Bonchev–Trinajstić information content (AvgIpc) is 3.07. The highest BCUT2D eigenvalue weighted by molar-refractivity contribution is 7.95. The molecule has 6 heteroatoms. The second-order valence-corrected chi connectivity index (χ2v) is 9.17. The summed E-state index contributed by atoms with van der Waals surface area (Å²) in [6, 6.07) is 11.4. The van der Waals surface area contributed by atoms with Crippen LogP contribution in [0.4, 0.5) is 4.39 Å². The fourth-order valence-electron chi connectivity index (χ4n) is 3.57. The van der Waals surface area contributed by atoms with E-state index >= 15 is 0 Å². The van der Waals surface area contributed by atoms with Crippen LogP contribution in [0.15, 0.2) is 64.5 Å². The minimum Gasteiger partial charge on any atom is -0.360 e. The summed E-state index contributed by atoms with van der Waals surface area (Å²) in [5.74, 6) is -0.155. The first kappa shape index (κ1) is 17.9. The predicted octanol–water partition coefficient (Wildman–Crippen LogP) is 4.39. The first-order valence-electron chi connectivity index (χ1n) is 8.93. The summed E-state index contributed by atoms with van der Waals surface area (Å²) >= 11 is 0. The normalized spacial score (nSPS) is 20.6. The number of halogens is 1. The number of H-pyrrole nitrogens is 1. The fourth-order valence-corrected chi connectivity index (χ4v) is 5.17. The molecule has 4 nitrogen and oxygen atoms in total. The fraction of sp³-hybridized carbons (Fsp3) is 0.238. The molecule has 0 radical (unpaired) electrons. The van der Waals surface area contributed by atoms with Gasteiger partial charge in [0.15, 0.2) is 0 Å². The monoisotopic (exact) mass is 384 g/mol. The maximum Gasteiger partial charge on any atom is 0.202 e. The number of hydrogen-bond acceptors (Lipinski definition) is 3. The molecule has 0 bridgehead atoms. The molecule has 0 fully saturated rings. The number of allylic oxidation sites excluding steroid dienone is 1. The van der Waals surface area contributed by atoms with E-state index < -0.39 is 9.84 Å². The van der Waals surface area contributed by atoms with Crippen LogP contribution in [-0.4, -0.2) is 19.4 Å². The molecule has 1 aliphatic carbocycles. The van der Waals surface area contributed by atoms with Crippen LogP contribution in [0.3, 0.4) is 0 Å². The van der Waals surface area contributed by atoms with Gasteiger partial charge in [-0.2, -0.15) is 0 Å². The van der Waals surface area contributed by atoms with E-state index in [0.717, 1.165) is 16.5 Å². The van der Waals surface area contributed by atoms with E-state index in [1.165, 1.54) is 12.1 Å². The molecule has 1 aromatic heterocycles. The SMILES string of the molecule is C[C@@H]1CC(S(=O)(=O)c2ccc(-c3c[nH]c4cc(F)ccc34)cc2)=CC[C@H]1N. The summed E-state index contributed by atoms with van der Waals surface area (Å²) in [6.45, 7) is 1.98. The molecule has 1 aliphatic rings. The zero-order valence-electron chi connectivity index (χ0n) is 14.9. The first-order valence-corrected chi connectivity index (χ1v) is 10.4. The summed E-state index contributed by atoms with van der Waals surface area (Å²) in [5, 5.41) is 0.893. The van der Waals surface area contributed by atoms with Gasteiger partial charge in [-0.3, -0.25) is 0 Å². The minimum absolute atomic E-state index is 0.0121. The standard InChI is InChI=1S/C21H21FN2O2S/c1-13-10-17(7-9-20(13)23)27(25,26)16-5-2-14(3-6-16)19-12-24-21-11-15(22)4-8-18(19)21/h2-8,11-13,20,24H,9-10,23H2,1H3/t13-,20-/m1/s1. The van der Waals surface area contributed by atoms with Gasteiger partial charge in [-0.15, -0.1) is 0 Å². The largest absolute Gasteiger partial charge is 0.360 e. The Morgan fingerprint density at radius 1 is 1.15 bits per heavy atom. The van der Waals surface area contributed by atoms with Crippen LogP contribution in [0.2, 0.25) is 0 Å². The van der Waals surface area contributed by atoms with Crippen LogP contribution >= 0.6 is 0 Å². The van der Waals surface area contributed by atoms with E-state index in [2.05, 4.69) is 4.98 Å². The molecule has 2 aromatic carbocycles. The highest BCUT2D eigenvalue weighted by Crippen LogP contribution is 2.33. The van der Waals surface area contributed by atoms with E-state index in [9.17, 15) is 12.8 Å². The molecule has 0 unspecified atom stereocenters. The Labute approximate surface area is 157 Å². The van der Waals surface area contributed by atoms with E-state index in [1.54, 1.807) is 42.6 Å². The van der Waals surface area contributed by atoms with Crippen molar-refractivity contribution in [1.82, 2.24) is 4.98 Å². The lowest BCUT2D eigenvalue weighted by atomic mass is 9.91. The molecule has 0 aliphatic heterocycles. The van der Waals surface area contributed by atoms with Crippen molar-refractivity contribution in [1.29, 1.82) is 0 Å². The van der Waals surface area contributed by atoms with Crippen molar-refractivity contribution >= 4 is 20.7 Å². The van der Waals surface area contributed by atoms with Crippen LogP contribution in [0, 0.1) is 11.7 Å². The molecule has 3 aromatic rings. The Bertz CT molecular complexity index is 1130. The summed E-state index contributed by atoms with van der Waals surface area (Å²) in [4.78, 5) is 3.79. The average molecular weight is 384 g/mol. The van der Waals surface area contributed by atoms with Gasteiger partial charge in [-0.1, -0.05) is 25.1 Å². The molecular weight excluding hydrogens is 363 g/mol. The number of nitrogens with two attached hydrogens (primary N) is 1. The van der Waals surface area contributed by atoms with Crippen molar-refractivity contribution in [3.05, 3.63) is 65.5 Å². The quantitative estimate of drug-likeness (QED) is 0.703. The first-order chi connectivity index (χ1) is 12.9. The number of hydrogen-bond donors (Lipinski definition) is 2. The molecule has 0 saturated heterocycles. The van der Waals surface area contributed by atoms with E-state index in [-0.39, 0.29) is 22.7 Å². The van der Waals surface area contributed by atoms with Gasteiger partial charge in [-0.05, 0) is 54.7 Å². The number of nitrogens with one attached hydrogen (secondary N) is 1. The van der Waals surface area contributed by atoms with Gasteiger partial charge < -0.3 is 10.7 Å². The Morgan fingerprint density at radius 3 is 2.59 bits per heavy atom. The van der Waals surface area contributed by atoms with Crippen molar-refractivity contribution in [3.63, 3.8) is 0 Å². The molecule has 27 heavy (non-hydrogen) atoms. The van der Waals surface area contributed by atoms with Gasteiger partial charge in [0.2, 0.25) is 9.84 Å². The molecular formula is C21H21FN2O2S. The zero-order valence-corrected chi connectivity index (χ0v) is 15.8.